The highest BCUT2D eigenvalue weighted by Gasteiger charge is 2.31. The normalized spacial score (nSPS) is 21.4. The molecule has 1 saturated heterocycles. The first-order chi connectivity index (χ1) is 10.1. The maximum Gasteiger partial charge on any atom is 0.126 e. The van der Waals surface area contributed by atoms with Gasteiger partial charge in [-0.1, -0.05) is 0 Å². The Morgan fingerprint density at radius 1 is 1.29 bits per heavy atom. The molecule has 0 spiro atoms. The van der Waals surface area contributed by atoms with Gasteiger partial charge in [0.1, 0.15) is 11.6 Å². The summed E-state index contributed by atoms with van der Waals surface area (Å²) in [7, 11) is 0. The first-order valence-electron chi connectivity index (χ1n) is 7.49. The molecule has 2 unspecified atom stereocenters. The third kappa shape index (κ3) is 3.99. The van der Waals surface area contributed by atoms with Crippen molar-refractivity contribution in [3.05, 3.63) is 35.4 Å². The molecule has 2 atom stereocenters. The third-order valence-corrected chi connectivity index (χ3v) is 4.37. The monoisotopic (exact) mass is 299 g/mol. The summed E-state index contributed by atoms with van der Waals surface area (Å²) < 4.78 is 32.4. The van der Waals surface area contributed by atoms with Crippen LogP contribution < -0.4 is 5.73 Å². The van der Waals surface area contributed by atoms with E-state index in [9.17, 15) is 13.9 Å². The summed E-state index contributed by atoms with van der Waals surface area (Å²) in [5.74, 6) is -1.29. The van der Waals surface area contributed by atoms with Crippen LogP contribution in [0.25, 0.3) is 0 Å². The Morgan fingerprint density at radius 2 is 2.00 bits per heavy atom. The van der Waals surface area contributed by atoms with Crippen molar-refractivity contribution in [2.45, 2.75) is 43.6 Å². The number of aliphatic hydroxyl groups excluding tert-OH is 1. The van der Waals surface area contributed by atoms with Gasteiger partial charge in [-0.25, -0.2) is 8.78 Å². The fourth-order valence-electron chi connectivity index (χ4n) is 3.00. The molecule has 1 aromatic carbocycles. The largest absolute Gasteiger partial charge is 0.395 e. The Kier molecular flexibility index (Phi) is 5.67. The smallest absolute Gasteiger partial charge is 0.126 e. The van der Waals surface area contributed by atoms with Crippen molar-refractivity contribution in [2.75, 3.05) is 19.8 Å². The highest BCUT2D eigenvalue weighted by atomic mass is 19.1. The molecule has 0 aromatic heterocycles. The van der Waals surface area contributed by atoms with Gasteiger partial charge in [-0.2, -0.15) is 0 Å². The number of ether oxygens (including phenoxy) is 1. The van der Waals surface area contributed by atoms with Crippen LogP contribution in [0.3, 0.4) is 0 Å². The maximum absolute atomic E-state index is 13.4. The Labute approximate surface area is 124 Å². The SMILES string of the molecule is NCC(CO)(CCCC1CCCO1)c1cc(F)cc(F)c1. The molecule has 5 heteroatoms. The fourth-order valence-corrected chi connectivity index (χ4v) is 3.00. The molecule has 3 N–H and O–H groups in total. The second-order valence-corrected chi connectivity index (χ2v) is 5.83. The summed E-state index contributed by atoms with van der Waals surface area (Å²) >= 11 is 0. The Morgan fingerprint density at radius 3 is 2.52 bits per heavy atom. The van der Waals surface area contributed by atoms with E-state index in [-0.39, 0.29) is 19.3 Å². The van der Waals surface area contributed by atoms with Gasteiger partial charge >= 0.3 is 0 Å². The number of rotatable bonds is 7. The second-order valence-electron chi connectivity index (χ2n) is 5.83. The predicted molar refractivity (Wildman–Crippen MR) is 77.0 cm³/mol. The molecule has 0 amide bonds. The van der Waals surface area contributed by atoms with Gasteiger partial charge in [-0.15, -0.1) is 0 Å². The van der Waals surface area contributed by atoms with Crippen LogP contribution in [0.4, 0.5) is 8.78 Å². The van der Waals surface area contributed by atoms with Crippen LogP contribution in [-0.2, 0) is 10.2 Å². The number of aliphatic hydroxyl groups is 1. The van der Waals surface area contributed by atoms with Crippen molar-refractivity contribution >= 4 is 0 Å². The van der Waals surface area contributed by atoms with Crippen molar-refractivity contribution in [1.29, 1.82) is 0 Å². The van der Waals surface area contributed by atoms with E-state index in [2.05, 4.69) is 0 Å². The first kappa shape index (κ1) is 16.3. The molecule has 3 nitrogen and oxygen atoms in total. The van der Waals surface area contributed by atoms with E-state index < -0.39 is 17.0 Å². The van der Waals surface area contributed by atoms with Gasteiger partial charge in [0.15, 0.2) is 0 Å². The molecule has 1 fully saturated rings. The average molecular weight is 299 g/mol. The lowest BCUT2D eigenvalue weighted by molar-refractivity contribution is 0.0972. The quantitative estimate of drug-likeness (QED) is 0.813. The summed E-state index contributed by atoms with van der Waals surface area (Å²) in [6.45, 7) is 0.734. The van der Waals surface area contributed by atoms with Gasteiger partial charge in [-0.3, -0.25) is 0 Å². The maximum atomic E-state index is 13.4. The minimum atomic E-state index is -0.790. The molecule has 0 saturated carbocycles. The van der Waals surface area contributed by atoms with E-state index in [0.29, 0.717) is 12.0 Å². The lowest BCUT2D eigenvalue weighted by atomic mass is 9.76. The number of hydrogen-bond acceptors (Lipinski definition) is 3. The molecule has 21 heavy (non-hydrogen) atoms. The van der Waals surface area contributed by atoms with Crippen LogP contribution in [0.5, 0.6) is 0 Å². The summed E-state index contributed by atoms with van der Waals surface area (Å²) in [6.07, 6.45) is 4.69. The van der Waals surface area contributed by atoms with E-state index in [1.807, 2.05) is 0 Å². The van der Waals surface area contributed by atoms with Crippen LogP contribution in [0.15, 0.2) is 18.2 Å². The average Bonchev–Trinajstić information content (AvgIpc) is 2.96. The Bertz CT molecular complexity index is 437. The molecular weight excluding hydrogens is 276 g/mol. The lowest BCUT2D eigenvalue weighted by Gasteiger charge is -2.31. The van der Waals surface area contributed by atoms with Gasteiger partial charge in [0.2, 0.25) is 0 Å². The topological polar surface area (TPSA) is 55.5 Å². The number of hydrogen-bond donors (Lipinski definition) is 2. The second kappa shape index (κ2) is 7.29. The Hall–Kier alpha value is -1.04. The molecule has 0 bridgehead atoms. The summed E-state index contributed by atoms with van der Waals surface area (Å²) in [5, 5.41) is 9.75. The van der Waals surface area contributed by atoms with E-state index in [0.717, 1.165) is 38.4 Å². The zero-order chi connectivity index (χ0) is 15.3. The van der Waals surface area contributed by atoms with Crippen LogP contribution in [0, 0.1) is 11.6 Å². The number of halogens is 2. The minimum absolute atomic E-state index is 0.151. The van der Waals surface area contributed by atoms with Crippen molar-refractivity contribution in [3.8, 4) is 0 Å². The molecular formula is C16H23F2NO2. The van der Waals surface area contributed by atoms with Gasteiger partial charge in [0.25, 0.3) is 0 Å². The number of nitrogens with two attached hydrogens (primary N) is 1. The molecule has 2 rings (SSSR count). The van der Waals surface area contributed by atoms with Crippen molar-refractivity contribution in [2.24, 2.45) is 5.73 Å². The molecule has 1 heterocycles. The van der Waals surface area contributed by atoms with Gasteiger partial charge < -0.3 is 15.6 Å². The highest BCUT2D eigenvalue weighted by Crippen LogP contribution is 2.31. The van der Waals surface area contributed by atoms with Gasteiger partial charge in [0, 0.05) is 24.6 Å². The van der Waals surface area contributed by atoms with E-state index >= 15 is 0 Å². The standard InChI is InChI=1S/C16H23F2NO2/c17-13-7-12(8-14(18)9-13)16(10-19,11-20)5-1-3-15-4-2-6-21-15/h7-9,15,20H,1-6,10-11,19H2. The van der Waals surface area contributed by atoms with E-state index in [1.165, 1.54) is 12.1 Å². The highest BCUT2D eigenvalue weighted by molar-refractivity contribution is 5.28. The number of benzene rings is 1. The molecule has 118 valence electrons. The van der Waals surface area contributed by atoms with Crippen LogP contribution >= 0.6 is 0 Å². The third-order valence-electron chi connectivity index (χ3n) is 4.37. The van der Waals surface area contributed by atoms with Crippen molar-refractivity contribution in [3.63, 3.8) is 0 Å². The summed E-state index contributed by atoms with van der Waals surface area (Å²) in [5.41, 5.74) is 5.45. The zero-order valence-electron chi connectivity index (χ0n) is 12.2. The molecule has 1 aliphatic rings. The van der Waals surface area contributed by atoms with Crippen LogP contribution in [0.2, 0.25) is 0 Å². The lowest BCUT2D eigenvalue weighted by Crippen LogP contribution is -2.39. The molecule has 0 radical (unpaired) electrons. The van der Waals surface area contributed by atoms with Crippen LogP contribution in [0.1, 0.15) is 37.7 Å². The summed E-state index contributed by atoms with van der Waals surface area (Å²) in [4.78, 5) is 0. The van der Waals surface area contributed by atoms with Gasteiger partial charge in [-0.05, 0) is 49.8 Å². The van der Waals surface area contributed by atoms with Crippen molar-refractivity contribution < 1.29 is 18.6 Å². The van der Waals surface area contributed by atoms with Gasteiger partial charge in [0.05, 0.1) is 12.7 Å². The van der Waals surface area contributed by atoms with E-state index in [1.54, 1.807) is 0 Å². The minimum Gasteiger partial charge on any atom is -0.395 e. The van der Waals surface area contributed by atoms with Crippen molar-refractivity contribution in [1.82, 2.24) is 0 Å². The first-order valence-corrected chi connectivity index (χ1v) is 7.49. The van der Waals surface area contributed by atoms with E-state index in [4.69, 9.17) is 10.5 Å². The van der Waals surface area contributed by atoms with Crippen LogP contribution in [-0.4, -0.2) is 31.0 Å². The zero-order valence-corrected chi connectivity index (χ0v) is 12.2. The predicted octanol–water partition coefficient (Wildman–Crippen LogP) is 2.50. The summed E-state index contributed by atoms with van der Waals surface area (Å²) in [6, 6.07) is 3.35. The molecule has 1 aromatic rings. The Balaban J connectivity index is 2.07. The molecule has 0 aliphatic carbocycles. The fraction of sp³-hybridized carbons (Fsp3) is 0.625. The molecule has 1 aliphatic heterocycles.